The molecule has 3 nitrogen and oxygen atoms in total. The lowest BCUT2D eigenvalue weighted by Crippen LogP contribution is -2.33. The second kappa shape index (κ2) is 6.50. The Hall–Kier alpha value is -0.410. The van der Waals surface area contributed by atoms with Gasteiger partial charge in [0, 0.05) is 25.6 Å². The van der Waals surface area contributed by atoms with E-state index in [1.54, 1.807) is 0 Å². The second-order valence-corrected chi connectivity index (χ2v) is 5.61. The van der Waals surface area contributed by atoms with E-state index >= 15 is 0 Å². The first-order valence-electron chi connectivity index (χ1n) is 7.11. The van der Waals surface area contributed by atoms with Crippen LogP contribution in [0.5, 0.6) is 0 Å². The van der Waals surface area contributed by atoms with Gasteiger partial charge in [0.15, 0.2) is 0 Å². The van der Waals surface area contributed by atoms with Gasteiger partial charge in [-0.25, -0.2) is 0 Å². The topological polar surface area (TPSA) is 52.3 Å². The van der Waals surface area contributed by atoms with Crippen molar-refractivity contribution in [3.63, 3.8) is 0 Å². The molecular weight excluding hydrogens is 214 g/mol. The van der Waals surface area contributed by atoms with Gasteiger partial charge in [0.25, 0.3) is 0 Å². The maximum atomic E-state index is 12.3. The molecule has 2 atom stereocenters. The summed E-state index contributed by atoms with van der Waals surface area (Å²) in [6.45, 7) is 2.36. The van der Waals surface area contributed by atoms with Gasteiger partial charge in [0.1, 0.15) is 5.78 Å². The molecule has 17 heavy (non-hydrogen) atoms. The first kappa shape index (κ1) is 13.0. The SMILES string of the molecule is NCC1CCCCC1C(=O)CC1CCOCC1. The predicted molar refractivity (Wildman–Crippen MR) is 67.7 cm³/mol. The Labute approximate surface area is 104 Å². The fraction of sp³-hybridized carbons (Fsp3) is 0.929. The van der Waals surface area contributed by atoms with Crippen LogP contribution in [0.3, 0.4) is 0 Å². The molecule has 2 aliphatic rings. The van der Waals surface area contributed by atoms with Crippen LogP contribution >= 0.6 is 0 Å². The summed E-state index contributed by atoms with van der Waals surface area (Å²) in [6, 6.07) is 0. The van der Waals surface area contributed by atoms with Gasteiger partial charge in [-0.2, -0.15) is 0 Å². The predicted octanol–water partition coefficient (Wildman–Crippen LogP) is 2.14. The molecule has 0 spiro atoms. The number of hydrogen-bond donors (Lipinski definition) is 1. The highest BCUT2D eigenvalue weighted by molar-refractivity contribution is 5.81. The number of ketones is 1. The van der Waals surface area contributed by atoms with Crippen LogP contribution in [-0.2, 0) is 9.53 Å². The first-order chi connectivity index (χ1) is 8.31. The first-order valence-corrected chi connectivity index (χ1v) is 7.11. The Morgan fingerprint density at radius 1 is 1.12 bits per heavy atom. The van der Waals surface area contributed by atoms with E-state index in [-0.39, 0.29) is 5.92 Å². The zero-order valence-corrected chi connectivity index (χ0v) is 10.7. The largest absolute Gasteiger partial charge is 0.381 e. The van der Waals surface area contributed by atoms with Gasteiger partial charge >= 0.3 is 0 Å². The summed E-state index contributed by atoms with van der Waals surface area (Å²) < 4.78 is 5.34. The van der Waals surface area contributed by atoms with Gasteiger partial charge in [0.2, 0.25) is 0 Å². The molecule has 2 fully saturated rings. The van der Waals surface area contributed by atoms with E-state index in [0.717, 1.165) is 45.3 Å². The Morgan fingerprint density at radius 2 is 1.82 bits per heavy atom. The van der Waals surface area contributed by atoms with E-state index in [1.807, 2.05) is 0 Å². The van der Waals surface area contributed by atoms with Gasteiger partial charge in [0.05, 0.1) is 0 Å². The van der Waals surface area contributed by atoms with Gasteiger partial charge < -0.3 is 10.5 Å². The second-order valence-electron chi connectivity index (χ2n) is 5.61. The van der Waals surface area contributed by atoms with Crippen molar-refractivity contribution >= 4 is 5.78 Å². The number of Topliss-reactive ketones (excluding diaryl/α,β-unsaturated/α-hetero) is 1. The molecule has 0 amide bonds. The monoisotopic (exact) mass is 239 g/mol. The highest BCUT2D eigenvalue weighted by Crippen LogP contribution is 2.32. The van der Waals surface area contributed by atoms with Crippen LogP contribution in [0, 0.1) is 17.8 Å². The van der Waals surface area contributed by atoms with Gasteiger partial charge in [-0.05, 0) is 44.1 Å². The summed E-state index contributed by atoms with van der Waals surface area (Å²) in [5.74, 6) is 1.76. The third-order valence-corrected chi connectivity index (χ3v) is 4.46. The highest BCUT2D eigenvalue weighted by atomic mass is 16.5. The van der Waals surface area contributed by atoms with Crippen LogP contribution in [0.1, 0.15) is 44.9 Å². The van der Waals surface area contributed by atoms with Crippen LogP contribution < -0.4 is 5.73 Å². The fourth-order valence-electron chi connectivity index (χ4n) is 3.30. The maximum Gasteiger partial charge on any atom is 0.136 e. The Balaban J connectivity index is 1.84. The molecule has 3 heteroatoms. The molecule has 1 saturated carbocycles. The lowest BCUT2D eigenvalue weighted by molar-refractivity contribution is -0.127. The summed E-state index contributed by atoms with van der Waals surface area (Å²) in [6.07, 6.45) is 7.58. The molecule has 0 bridgehead atoms. The number of ether oxygens (including phenoxy) is 1. The standard InChI is InChI=1S/C14H25NO2/c15-10-12-3-1-2-4-13(12)14(16)9-11-5-7-17-8-6-11/h11-13H,1-10,15H2. The highest BCUT2D eigenvalue weighted by Gasteiger charge is 2.31. The van der Waals surface area contributed by atoms with Crippen molar-refractivity contribution in [3.8, 4) is 0 Å². The smallest absolute Gasteiger partial charge is 0.136 e. The molecule has 2 unspecified atom stereocenters. The third kappa shape index (κ3) is 3.52. The molecule has 0 aromatic carbocycles. The van der Waals surface area contributed by atoms with Crippen molar-refractivity contribution in [2.75, 3.05) is 19.8 Å². The Kier molecular flexibility index (Phi) is 4.99. The van der Waals surface area contributed by atoms with E-state index in [9.17, 15) is 4.79 Å². The molecule has 2 N–H and O–H groups in total. The van der Waals surface area contributed by atoms with Gasteiger partial charge in [-0.1, -0.05) is 12.8 Å². The van der Waals surface area contributed by atoms with E-state index in [1.165, 1.54) is 12.8 Å². The molecule has 0 aromatic rings. The van der Waals surface area contributed by atoms with E-state index in [0.29, 0.717) is 24.2 Å². The minimum absolute atomic E-state index is 0.261. The summed E-state index contributed by atoms with van der Waals surface area (Å²) >= 11 is 0. The van der Waals surface area contributed by atoms with Crippen molar-refractivity contribution in [2.24, 2.45) is 23.5 Å². The van der Waals surface area contributed by atoms with Crippen molar-refractivity contribution in [2.45, 2.75) is 44.9 Å². The molecule has 1 aliphatic carbocycles. The molecule has 1 heterocycles. The zero-order chi connectivity index (χ0) is 12.1. The van der Waals surface area contributed by atoms with Crippen molar-refractivity contribution in [1.29, 1.82) is 0 Å². The number of rotatable bonds is 4. The molecular formula is C14H25NO2. The Bertz CT molecular complexity index is 249. The molecule has 1 aliphatic heterocycles. The van der Waals surface area contributed by atoms with Crippen LogP contribution in [0.25, 0.3) is 0 Å². The van der Waals surface area contributed by atoms with Crippen LogP contribution in [-0.4, -0.2) is 25.5 Å². The average Bonchev–Trinajstić information content (AvgIpc) is 2.40. The lowest BCUT2D eigenvalue weighted by Gasteiger charge is -2.31. The summed E-state index contributed by atoms with van der Waals surface area (Å²) in [5.41, 5.74) is 5.79. The fourth-order valence-corrected chi connectivity index (χ4v) is 3.30. The number of nitrogens with two attached hydrogens (primary N) is 1. The molecule has 2 rings (SSSR count). The zero-order valence-electron chi connectivity index (χ0n) is 10.7. The van der Waals surface area contributed by atoms with Gasteiger partial charge in [-0.15, -0.1) is 0 Å². The number of carbonyl (C=O) groups is 1. The lowest BCUT2D eigenvalue weighted by atomic mass is 9.74. The number of carbonyl (C=O) groups excluding carboxylic acids is 1. The summed E-state index contributed by atoms with van der Waals surface area (Å²) in [4.78, 5) is 12.3. The van der Waals surface area contributed by atoms with Crippen LogP contribution in [0.15, 0.2) is 0 Å². The molecule has 98 valence electrons. The minimum atomic E-state index is 0.261. The van der Waals surface area contributed by atoms with E-state index < -0.39 is 0 Å². The Morgan fingerprint density at radius 3 is 2.53 bits per heavy atom. The van der Waals surface area contributed by atoms with Crippen LogP contribution in [0.2, 0.25) is 0 Å². The summed E-state index contributed by atoms with van der Waals surface area (Å²) in [5, 5.41) is 0. The van der Waals surface area contributed by atoms with E-state index in [2.05, 4.69) is 0 Å². The third-order valence-electron chi connectivity index (χ3n) is 4.46. The minimum Gasteiger partial charge on any atom is -0.381 e. The molecule has 1 saturated heterocycles. The van der Waals surface area contributed by atoms with Crippen molar-refractivity contribution in [1.82, 2.24) is 0 Å². The van der Waals surface area contributed by atoms with Crippen molar-refractivity contribution in [3.05, 3.63) is 0 Å². The summed E-state index contributed by atoms with van der Waals surface area (Å²) in [7, 11) is 0. The normalized spacial score (nSPS) is 31.4. The molecule has 0 aromatic heterocycles. The van der Waals surface area contributed by atoms with E-state index in [4.69, 9.17) is 10.5 Å². The molecule has 0 radical (unpaired) electrons. The number of hydrogen-bond acceptors (Lipinski definition) is 3. The maximum absolute atomic E-state index is 12.3. The van der Waals surface area contributed by atoms with Gasteiger partial charge in [-0.3, -0.25) is 4.79 Å². The average molecular weight is 239 g/mol. The van der Waals surface area contributed by atoms with Crippen molar-refractivity contribution < 1.29 is 9.53 Å². The van der Waals surface area contributed by atoms with Crippen LogP contribution in [0.4, 0.5) is 0 Å². The quantitative estimate of drug-likeness (QED) is 0.817.